The number of unbranched alkanes of at least 4 members (excludes halogenated alkanes) is 14. The lowest BCUT2D eigenvalue weighted by molar-refractivity contribution is 0.0734. The normalized spacial score (nSPS) is 10.9. The Kier molecular flexibility index (Phi) is 17.0. The van der Waals surface area contributed by atoms with Gasteiger partial charge in [0.2, 0.25) is 0 Å². The van der Waals surface area contributed by atoms with Gasteiger partial charge in [-0.2, -0.15) is 0 Å². The predicted molar refractivity (Wildman–Crippen MR) is 154 cm³/mol. The van der Waals surface area contributed by atoms with Crippen LogP contribution in [0.4, 0.5) is 4.39 Å². The third kappa shape index (κ3) is 13.8. The van der Waals surface area contributed by atoms with E-state index in [2.05, 4.69) is 13.8 Å². The lowest BCUT2D eigenvalue weighted by atomic mass is 10.1. The molecule has 0 heterocycles. The molecule has 0 saturated heterocycles. The van der Waals surface area contributed by atoms with Crippen LogP contribution in [-0.2, 0) is 0 Å². The van der Waals surface area contributed by atoms with Crippen LogP contribution < -0.4 is 14.2 Å². The summed E-state index contributed by atoms with van der Waals surface area (Å²) in [5, 5.41) is 0. The fourth-order valence-electron chi connectivity index (χ4n) is 4.36. The summed E-state index contributed by atoms with van der Waals surface area (Å²) in [6.45, 7) is 5.60. The Hall–Kier alpha value is -2.56. The maximum absolute atomic E-state index is 14.4. The van der Waals surface area contributed by atoms with Gasteiger partial charge in [0.25, 0.3) is 0 Å². The van der Waals surface area contributed by atoms with E-state index in [1.165, 1.54) is 95.6 Å². The van der Waals surface area contributed by atoms with Crippen molar-refractivity contribution in [1.29, 1.82) is 0 Å². The van der Waals surface area contributed by atoms with Gasteiger partial charge in [0.1, 0.15) is 11.5 Å². The highest BCUT2D eigenvalue weighted by molar-refractivity contribution is 5.91. The molecular weight excluding hydrogens is 479 g/mol. The Labute approximate surface area is 230 Å². The van der Waals surface area contributed by atoms with Gasteiger partial charge in [-0.1, -0.05) is 104 Å². The molecule has 0 N–H and O–H groups in total. The molecule has 4 nitrogen and oxygen atoms in total. The van der Waals surface area contributed by atoms with Gasteiger partial charge in [-0.3, -0.25) is 0 Å². The number of halogens is 1. The minimum absolute atomic E-state index is 0.153. The zero-order valence-electron chi connectivity index (χ0n) is 23.8. The van der Waals surface area contributed by atoms with E-state index < -0.39 is 11.8 Å². The van der Waals surface area contributed by atoms with Gasteiger partial charge in [-0.25, -0.2) is 9.18 Å². The van der Waals surface area contributed by atoms with Crippen molar-refractivity contribution in [3.05, 3.63) is 53.8 Å². The highest BCUT2D eigenvalue weighted by Gasteiger charge is 2.12. The van der Waals surface area contributed by atoms with Crippen molar-refractivity contribution in [2.24, 2.45) is 0 Å². The molecule has 0 atom stereocenters. The standard InChI is InChI=1S/C33H49FO4/c1-3-5-7-9-11-12-13-14-16-17-25-36-29-21-19-28(20-22-29)33(35)38-30-23-24-32(31(34)27-30)37-26-18-15-10-8-6-4-2/h19-24,27H,3-18,25-26H2,1-2H3. The van der Waals surface area contributed by atoms with Gasteiger partial charge >= 0.3 is 5.97 Å². The van der Waals surface area contributed by atoms with Crippen LogP contribution in [0.5, 0.6) is 17.2 Å². The molecule has 0 bridgehead atoms. The molecule has 0 fully saturated rings. The lowest BCUT2D eigenvalue weighted by Crippen LogP contribution is -2.09. The van der Waals surface area contributed by atoms with Crippen molar-refractivity contribution >= 4 is 5.97 Å². The Morgan fingerprint density at radius 1 is 0.605 bits per heavy atom. The van der Waals surface area contributed by atoms with Crippen molar-refractivity contribution in [3.63, 3.8) is 0 Å². The summed E-state index contributed by atoms with van der Waals surface area (Å²) in [7, 11) is 0. The molecule has 0 unspecified atom stereocenters. The summed E-state index contributed by atoms with van der Waals surface area (Å²) >= 11 is 0. The zero-order valence-corrected chi connectivity index (χ0v) is 23.8. The fraction of sp³-hybridized carbons (Fsp3) is 0.606. The van der Waals surface area contributed by atoms with E-state index in [4.69, 9.17) is 14.2 Å². The third-order valence-corrected chi connectivity index (χ3v) is 6.73. The molecular formula is C33H49FO4. The molecule has 0 aliphatic rings. The molecule has 0 radical (unpaired) electrons. The van der Waals surface area contributed by atoms with E-state index in [9.17, 15) is 9.18 Å². The second kappa shape index (κ2) is 20.4. The first-order valence-electron chi connectivity index (χ1n) is 15.0. The number of benzene rings is 2. The number of ether oxygens (including phenoxy) is 3. The fourth-order valence-corrected chi connectivity index (χ4v) is 4.36. The van der Waals surface area contributed by atoms with E-state index in [0.29, 0.717) is 18.8 Å². The Balaban J connectivity index is 1.62. The van der Waals surface area contributed by atoms with E-state index >= 15 is 0 Å². The summed E-state index contributed by atoms with van der Waals surface area (Å²) in [6.07, 6.45) is 19.8. The quantitative estimate of drug-likeness (QED) is 0.0866. The van der Waals surface area contributed by atoms with E-state index in [-0.39, 0.29) is 11.5 Å². The first-order valence-corrected chi connectivity index (χ1v) is 15.0. The Bertz CT molecular complexity index is 881. The average Bonchev–Trinajstić information content (AvgIpc) is 2.92. The minimum Gasteiger partial charge on any atom is -0.494 e. The van der Waals surface area contributed by atoms with Crippen LogP contribution in [0.1, 0.15) is 127 Å². The molecule has 0 aliphatic carbocycles. The summed E-state index contributed by atoms with van der Waals surface area (Å²) in [5.41, 5.74) is 0.389. The maximum Gasteiger partial charge on any atom is 0.343 e. The minimum atomic E-state index is -0.536. The van der Waals surface area contributed by atoms with Gasteiger partial charge in [-0.05, 0) is 49.2 Å². The second-order valence-electron chi connectivity index (χ2n) is 10.2. The highest BCUT2D eigenvalue weighted by Crippen LogP contribution is 2.24. The summed E-state index contributed by atoms with van der Waals surface area (Å²) < 4.78 is 31.1. The predicted octanol–water partition coefficient (Wildman–Crippen LogP) is 10.1. The van der Waals surface area contributed by atoms with Gasteiger partial charge in [0.15, 0.2) is 11.6 Å². The van der Waals surface area contributed by atoms with E-state index in [1.807, 2.05) is 0 Å². The van der Waals surface area contributed by atoms with E-state index in [0.717, 1.165) is 25.0 Å². The monoisotopic (exact) mass is 528 g/mol. The molecule has 0 spiro atoms. The SMILES string of the molecule is CCCCCCCCCCCCOc1ccc(C(=O)Oc2ccc(OCCCCCCCC)c(F)c2)cc1. The van der Waals surface area contributed by atoms with Gasteiger partial charge < -0.3 is 14.2 Å². The molecule has 0 saturated carbocycles. The number of hydrogen-bond acceptors (Lipinski definition) is 4. The van der Waals surface area contributed by atoms with Crippen molar-refractivity contribution in [3.8, 4) is 17.2 Å². The van der Waals surface area contributed by atoms with Gasteiger partial charge in [0, 0.05) is 6.07 Å². The number of carbonyl (C=O) groups excluding carboxylic acids is 1. The smallest absolute Gasteiger partial charge is 0.343 e. The molecule has 0 amide bonds. The molecule has 2 aromatic rings. The number of hydrogen-bond donors (Lipinski definition) is 0. The third-order valence-electron chi connectivity index (χ3n) is 6.73. The van der Waals surface area contributed by atoms with Crippen LogP contribution in [0.15, 0.2) is 42.5 Å². The maximum atomic E-state index is 14.4. The van der Waals surface area contributed by atoms with Gasteiger partial charge in [-0.15, -0.1) is 0 Å². The summed E-state index contributed by atoms with van der Waals surface area (Å²) in [6, 6.07) is 11.1. The molecule has 212 valence electrons. The van der Waals surface area contributed by atoms with Crippen molar-refractivity contribution < 1.29 is 23.4 Å². The largest absolute Gasteiger partial charge is 0.494 e. The molecule has 38 heavy (non-hydrogen) atoms. The molecule has 0 aromatic heterocycles. The van der Waals surface area contributed by atoms with Crippen LogP contribution in [0.2, 0.25) is 0 Å². The van der Waals surface area contributed by atoms with Gasteiger partial charge in [0.05, 0.1) is 18.8 Å². The topological polar surface area (TPSA) is 44.8 Å². The van der Waals surface area contributed by atoms with Crippen LogP contribution in [-0.4, -0.2) is 19.2 Å². The number of carbonyl (C=O) groups is 1. The Morgan fingerprint density at radius 3 is 1.61 bits per heavy atom. The van der Waals surface area contributed by atoms with Crippen LogP contribution in [0.3, 0.4) is 0 Å². The van der Waals surface area contributed by atoms with Crippen LogP contribution in [0, 0.1) is 5.82 Å². The number of rotatable bonds is 22. The highest BCUT2D eigenvalue weighted by atomic mass is 19.1. The number of esters is 1. The molecule has 0 aliphatic heterocycles. The summed E-state index contributed by atoms with van der Waals surface area (Å²) in [5.74, 6) is 0.00162. The average molecular weight is 529 g/mol. The zero-order chi connectivity index (χ0) is 27.3. The van der Waals surface area contributed by atoms with Crippen LogP contribution in [0.25, 0.3) is 0 Å². The van der Waals surface area contributed by atoms with E-state index in [1.54, 1.807) is 30.3 Å². The van der Waals surface area contributed by atoms with Crippen molar-refractivity contribution in [2.45, 2.75) is 117 Å². The summed E-state index contributed by atoms with van der Waals surface area (Å²) in [4.78, 5) is 12.5. The van der Waals surface area contributed by atoms with Crippen molar-refractivity contribution in [1.82, 2.24) is 0 Å². The van der Waals surface area contributed by atoms with Crippen molar-refractivity contribution in [2.75, 3.05) is 13.2 Å². The first-order chi connectivity index (χ1) is 18.6. The second-order valence-corrected chi connectivity index (χ2v) is 10.2. The van der Waals surface area contributed by atoms with Crippen LogP contribution >= 0.6 is 0 Å². The molecule has 5 heteroatoms. The lowest BCUT2D eigenvalue weighted by Gasteiger charge is -2.10. The molecule has 2 rings (SSSR count). The first kappa shape index (κ1) is 31.7. The Morgan fingerprint density at radius 2 is 1.08 bits per heavy atom. The molecule has 2 aromatic carbocycles.